The Kier molecular flexibility index (Phi) is 9.26. The van der Waals surface area contributed by atoms with Crippen molar-refractivity contribution in [2.45, 2.75) is 38.3 Å². The van der Waals surface area contributed by atoms with E-state index in [-0.39, 0.29) is 24.5 Å². The molecule has 2 aromatic rings. The number of furan rings is 1. The third-order valence-electron chi connectivity index (χ3n) is 4.59. The average molecular weight is 434 g/mol. The van der Waals surface area contributed by atoms with Crippen molar-refractivity contribution in [2.75, 3.05) is 38.4 Å². The number of methoxy groups -OCH3 is 1. The van der Waals surface area contributed by atoms with Crippen LogP contribution in [0.4, 0.5) is 10.5 Å². The Balaban J connectivity index is 2.06. The highest BCUT2D eigenvalue weighted by Gasteiger charge is 2.24. The van der Waals surface area contributed by atoms with E-state index in [1.807, 2.05) is 63.4 Å². The maximum atomic E-state index is 13.0. The molecule has 0 aliphatic heterocycles. The molecule has 164 valence electrons. The van der Waals surface area contributed by atoms with Crippen LogP contribution in [-0.2, 0) is 16.1 Å². The normalized spacial score (nSPS) is 10.9. The molecule has 0 fully saturated rings. The Hall–Kier alpha value is -2.45. The van der Waals surface area contributed by atoms with Gasteiger partial charge in [-0.1, -0.05) is 0 Å². The summed E-state index contributed by atoms with van der Waals surface area (Å²) in [6.07, 6.45) is 2.00. The number of carbonyl (C=O) groups excluding carboxylic acids is 2. The third-order valence-corrected chi connectivity index (χ3v) is 5.34. The Labute approximate surface area is 182 Å². The SMILES string of the molecule is COCCN(Cc1ccc(C)o1)C(=O)CN(C(=O)Nc1ccc(SC)cc1)C(C)C. The summed E-state index contributed by atoms with van der Waals surface area (Å²) in [6.45, 7) is 6.76. The summed E-state index contributed by atoms with van der Waals surface area (Å²) in [4.78, 5) is 30.2. The molecule has 1 aromatic carbocycles. The van der Waals surface area contributed by atoms with Gasteiger partial charge in [0, 0.05) is 30.3 Å². The molecule has 0 saturated carbocycles. The second-order valence-corrected chi connectivity index (χ2v) is 8.08. The van der Waals surface area contributed by atoms with Crippen LogP contribution < -0.4 is 5.32 Å². The molecule has 0 saturated heterocycles. The van der Waals surface area contributed by atoms with E-state index in [0.29, 0.717) is 31.1 Å². The van der Waals surface area contributed by atoms with E-state index in [4.69, 9.17) is 9.15 Å². The number of nitrogens with one attached hydrogen (secondary N) is 1. The summed E-state index contributed by atoms with van der Waals surface area (Å²) in [7, 11) is 1.59. The van der Waals surface area contributed by atoms with Crippen molar-refractivity contribution in [1.82, 2.24) is 9.80 Å². The van der Waals surface area contributed by atoms with Crippen molar-refractivity contribution in [1.29, 1.82) is 0 Å². The van der Waals surface area contributed by atoms with Crippen molar-refractivity contribution < 1.29 is 18.7 Å². The van der Waals surface area contributed by atoms with Crippen molar-refractivity contribution in [3.05, 3.63) is 47.9 Å². The minimum Gasteiger partial charge on any atom is -0.464 e. The molecule has 0 spiro atoms. The molecule has 1 aromatic heterocycles. The Morgan fingerprint density at radius 3 is 2.40 bits per heavy atom. The fraction of sp³-hybridized carbons (Fsp3) is 0.455. The van der Waals surface area contributed by atoms with Gasteiger partial charge in [-0.2, -0.15) is 0 Å². The number of anilines is 1. The standard InChI is InChI=1S/C22H31N3O4S/c1-16(2)25(22(27)23-18-7-10-20(30-5)11-8-18)15-21(26)24(12-13-28-4)14-19-9-6-17(3)29-19/h6-11,16H,12-15H2,1-5H3,(H,23,27). The van der Waals surface area contributed by atoms with Crippen molar-refractivity contribution in [3.8, 4) is 0 Å². The number of urea groups is 1. The summed E-state index contributed by atoms with van der Waals surface area (Å²) in [6, 6.07) is 10.9. The zero-order chi connectivity index (χ0) is 22.1. The molecule has 0 atom stereocenters. The van der Waals surface area contributed by atoms with E-state index < -0.39 is 0 Å². The molecule has 8 heteroatoms. The molecule has 0 aliphatic carbocycles. The van der Waals surface area contributed by atoms with Gasteiger partial charge < -0.3 is 24.3 Å². The number of carbonyl (C=O) groups is 2. The number of thioether (sulfide) groups is 1. The summed E-state index contributed by atoms with van der Waals surface area (Å²) in [5, 5.41) is 2.88. The van der Waals surface area contributed by atoms with Crippen molar-refractivity contribution in [2.24, 2.45) is 0 Å². The van der Waals surface area contributed by atoms with Gasteiger partial charge in [-0.05, 0) is 63.4 Å². The van der Waals surface area contributed by atoms with Crippen LogP contribution in [0.15, 0.2) is 45.7 Å². The molecule has 1 heterocycles. The van der Waals surface area contributed by atoms with Gasteiger partial charge >= 0.3 is 6.03 Å². The Bertz CT molecular complexity index is 820. The summed E-state index contributed by atoms with van der Waals surface area (Å²) in [5.74, 6) is 1.33. The number of benzene rings is 1. The lowest BCUT2D eigenvalue weighted by Gasteiger charge is -2.29. The van der Waals surface area contributed by atoms with Crippen LogP contribution in [0.2, 0.25) is 0 Å². The van der Waals surface area contributed by atoms with E-state index in [1.54, 1.807) is 23.8 Å². The maximum absolute atomic E-state index is 13.0. The molecule has 0 unspecified atom stereocenters. The first-order valence-corrected chi connectivity index (χ1v) is 11.1. The predicted molar refractivity (Wildman–Crippen MR) is 120 cm³/mol. The van der Waals surface area contributed by atoms with E-state index in [2.05, 4.69) is 5.32 Å². The summed E-state index contributed by atoms with van der Waals surface area (Å²) >= 11 is 1.64. The number of rotatable bonds is 10. The molecule has 0 bridgehead atoms. The molecule has 0 aliphatic rings. The fourth-order valence-corrected chi connectivity index (χ4v) is 3.26. The Morgan fingerprint density at radius 2 is 1.87 bits per heavy atom. The lowest BCUT2D eigenvalue weighted by Crippen LogP contribution is -2.47. The van der Waals surface area contributed by atoms with E-state index in [1.165, 1.54) is 4.90 Å². The molecule has 3 amide bonds. The fourth-order valence-electron chi connectivity index (χ4n) is 2.86. The average Bonchev–Trinajstić information content (AvgIpc) is 3.14. The first-order valence-electron chi connectivity index (χ1n) is 9.87. The third kappa shape index (κ3) is 7.11. The molecule has 2 rings (SSSR count). The van der Waals surface area contributed by atoms with Crippen molar-refractivity contribution in [3.63, 3.8) is 0 Å². The van der Waals surface area contributed by atoms with Gasteiger partial charge in [0.05, 0.1) is 13.2 Å². The number of nitrogens with zero attached hydrogens (tertiary/aromatic N) is 2. The predicted octanol–water partition coefficient (Wildman–Crippen LogP) is 4.23. The van der Waals surface area contributed by atoms with Gasteiger partial charge in [-0.3, -0.25) is 4.79 Å². The van der Waals surface area contributed by atoms with Crippen LogP contribution in [0.25, 0.3) is 0 Å². The molecular weight excluding hydrogens is 402 g/mol. The van der Waals surface area contributed by atoms with Gasteiger partial charge in [0.1, 0.15) is 18.1 Å². The highest BCUT2D eigenvalue weighted by molar-refractivity contribution is 7.98. The van der Waals surface area contributed by atoms with Gasteiger partial charge in [0.2, 0.25) is 5.91 Å². The lowest BCUT2D eigenvalue weighted by atomic mass is 10.3. The highest BCUT2D eigenvalue weighted by Crippen LogP contribution is 2.18. The maximum Gasteiger partial charge on any atom is 0.322 e. The van der Waals surface area contributed by atoms with Crippen LogP contribution >= 0.6 is 11.8 Å². The monoisotopic (exact) mass is 433 g/mol. The number of ether oxygens (including phenoxy) is 1. The van der Waals surface area contributed by atoms with Crippen LogP contribution in [0.5, 0.6) is 0 Å². The second kappa shape index (κ2) is 11.7. The van der Waals surface area contributed by atoms with Gasteiger partial charge in [0.15, 0.2) is 0 Å². The summed E-state index contributed by atoms with van der Waals surface area (Å²) in [5.41, 5.74) is 0.693. The minimum atomic E-state index is -0.309. The van der Waals surface area contributed by atoms with Gasteiger partial charge in [0.25, 0.3) is 0 Å². The van der Waals surface area contributed by atoms with Crippen molar-refractivity contribution >= 4 is 29.4 Å². The van der Waals surface area contributed by atoms with Gasteiger partial charge in [-0.15, -0.1) is 11.8 Å². The van der Waals surface area contributed by atoms with Crippen LogP contribution in [0.1, 0.15) is 25.4 Å². The minimum absolute atomic E-state index is 0.0319. The zero-order valence-electron chi connectivity index (χ0n) is 18.3. The molecule has 0 radical (unpaired) electrons. The van der Waals surface area contributed by atoms with Gasteiger partial charge in [-0.25, -0.2) is 4.79 Å². The number of amides is 3. The highest BCUT2D eigenvalue weighted by atomic mass is 32.2. The van der Waals surface area contributed by atoms with E-state index >= 15 is 0 Å². The molecular formula is C22H31N3O4S. The number of aryl methyl sites for hydroxylation is 1. The summed E-state index contributed by atoms with van der Waals surface area (Å²) < 4.78 is 10.8. The molecule has 30 heavy (non-hydrogen) atoms. The molecule has 7 nitrogen and oxygen atoms in total. The quantitative estimate of drug-likeness (QED) is 0.568. The topological polar surface area (TPSA) is 75.0 Å². The molecule has 1 N–H and O–H groups in total. The first kappa shape index (κ1) is 23.8. The van der Waals surface area contributed by atoms with Crippen LogP contribution in [-0.4, -0.2) is 60.8 Å². The Morgan fingerprint density at radius 1 is 1.17 bits per heavy atom. The lowest BCUT2D eigenvalue weighted by molar-refractivity contribution is -0.133. The van der Waals surface area contributed by atoms with Crippen LogP contribution in [0, 0.1) is 6.92 Å². The largest absolute Gasteiger partial charge is 0.464 e. The second-order valence-electron chi connectivity index (χ2n) is 7.20. The van der Waals surface area contributed by atoms with Crippen LogP contribution in [0.3, 0.4) is 0 Å². The smallest absolute Gasteiger partial charge is 0.322 e. The number of hydrogen-bond donors (Lipinski definition) is 1. The van der Waals surface area contributed by atoms with E-state index in [9.17, 15) is 9.59 Å². The zero-order valence-corrected chi connectivity index (χ0v) is 19.1. The van der Waals surface area contributed by atoms with E-state index in [0.717, 1.165) is 10.7 Å². The number of hydrogen-bond acceptors (Lipinski definition) is 5. The first-order chi connectivity index (χ1) is 14.3.